The number of carbonyl (C=O) groups excluding carboxylic acids is 2. The van der Waals surface area contributed by atoms with Gasteiger partial charge in [-0.05, 0) is 0 Å². The molecule has 2 aliphatic heterocycles. The number of hydrogen-bond donors (Lipinski definition) is 2. The maximum absolute atomic E-state index is 13.8. The van der Waals surface area contributed by atoms with Crippen molar-refractivity contribution in [3.8, 4) is 5.75 Å². The van der Waals surface area contributed by atoms with E-state index in [-0.39, 0.29) is 29.9 Å². The third-order valence-corrected chi connectivity index (χ3v) is 11.5. The van der Waals surface area contributed by atoms with Crippen molar-refractivity contribution >= 4 is 31.9 Å². The average molecular weight is 561 g/mol. The SMILES string of the molecule is CC(C)CI1CO[C@H]2Cn3cc(C(=O)NCc4ccc(F)cc4F)c(=O)c(O)c3C(=O)N21. The molecule has 2 amide bonds. The topological polar surface area (TPSA) is 101 Å². The zero-order chi connectivity index (χ0) is 23.2. The summed E-state index contributed by atoms with van der Waals surface area (Å²) in [7, 11) is 0. The van der Waals surface area contributed by atoms with Gasteiger partial charge in [0.15, 0.2) is 0 Å². The van der Waals surface area contributed by atoms with E-state index >= 15 is 0 Å². The van der Waals surface area contributed by atoms with E-state index in [2.05, 4.69) is 19.2 Å². The molecular formula is C21H22F2IN3O5. The molecule has 2 aromatic rings. The van der Waals surface area contributed by atoms with E-state index in [0.29, 0.717) is 16.6 Å². The van der Waals surface area contributed by atoms with Gasteiger partial charge in [0.25, 0.3) is 0 Å². The van der Waals surface area contributed by atoms with Gasteiger partial charge in [-0.1, -0.05) is 0 Å². The predicted molar refractivity (Wildman–Crippen MR) is 120 cm³/mol. The molecule has 1 aromatic heterocycles. The molecule has 4 rings (SSSR count). The Morgan fingerprint density at radius 1 is 1.34 bits per heavy atom. The van der Waals surface area contributed by atoms with Crippen LogP contribution in [0.25, 0.3) is 0 Å². The minimum atomic E-state index is -1.92. The van der Waals surface area contributed by atoms with Crippen molar-refractivity contribution < 1.29 is 28.2 Å². The average Bonchev–Trinajstić information content (AvgIpc) is 3.11. The number of nitrogens with zero attached hydrogens (tertiary/aromatic N) is 2. The van der Waals surface area contributed by atoms with Crippen molar-refractivity contribution in [3.63, 3.8) is 0 Å². The van der Waals surface area contributed by atoms with Crippen molar-refractivity contribution in [1.29, 1.82) is 0 Å². The van der Waals surface area contributed by atoms with E-state index in [1.807, 2.05) is 0 Å². The number of carbonyl (C=O) groups is 2. The van der Waals surface area contributed by atoms with Crippen LogP contribution in [0, 0.1) is 17.6 Å². The van der Waals surface area contributed by atoms with Gasteiger partial charge in [0.1, 0.15) is 5.82 Å². The number of hydrogen-bond acceptors (Lipinski definition) is 5. The van der Waals surface area contributed by atoms with Gasteiger partial charge in [-0.2, -0.15) is 0 Å². The zero-order valence-corrected chi connectivity index (χ0v) is 19.6. The molecule has 0 spiro atoms. The Hall–Kier alpha value is -2.54. The Morgan fingerprint density at radius 3 is 2.78 bits per heavy atom. The fraction of sp³-hybridized carbons (Fsp3) is 0.381. The summed E-state index contributed by atoms with van der Waals surface area (Å²) in [6.45, 7) is 4.04. The summed E-state index contributed by atoms with van der Waals surface area (Å²) in [5.41, 5.74) is -1.48. The van der Waals surface area contributed by atoms with Crippen LogP contribution in [0.2, 0.25) is 0 Å². The molecule has 172 valence electrons. The van der Waals surface area contributed by atoms with Gasteiger partial charge in [-0.25, -0.2) is 4.39 Å². The molecule has 2 N–H and O–H groups in total. The normalized spacial score (nSPS) is 18.7. The summed E-state index contributed by atoms with van der Waals surface area (Å²) in [5, 5.41) is 12.9. The maximum atomic E-state index is 13.8. The van der Waals surface area contributed by atoms with Gasteiger partial charge < -0.3 is 0 Å². The van der Waals surface area contributed by atoms with Crippen LogP contribution < -0.4 is 10.7 Å². The molecule has 1 fully saturated rings. The van der Waals surface area contributed by atoms with E-state index in [4.69, 9.17) is 4.74 Å². The number of aromatic nitrogens is 1. The van der Waals surface area contributed by atoms with E-state index in [1.54, 1.807) is 3.11 Å². The number of halogens is 3. The van der Waals surface area contributed by atoms with Crippen LogP contribution in [-0.4, -0.2) is 39.9 Å². The van der Waals surface area contributed by atoms with Crippen LogP contribution in [0.3, 0.4) is 0 Å². The Kier molecular flexibility index (Phi) is 6.21. The van der Waals surface area contributed by atoms with Gasteiger partial charge in [-0.15, -0.1) is 0 Å². The van der Waals surface area contributed by atoms with Crippen LogP contribution in [0.4, 0.5) is 8.78 Å². The Morgan fingerprint density at radius 2 is 2.09 bits per heavy atom. The molecule has 1 saturated heterocycles. The van der Waals surface area contributed by atoms with Gasteiger partial charge in [0, 0.05) is 0 Å². The van der Waals surface area contributed by atoms with Gasteiger partial charge in [0.2, 0.25) is 0 Å². The number of benzene rings is 1. The second kappa shape index (κ2) is 8.77. The molecule has 0 unspecified atom stereocenters. The molecular weight excluding hydrogens is 539 g/mol. The molecule has 11 heteroatoms. The first-order chi connectivity index (χ1) is 15.2. The first-order valence-corrected chi connectivity index (χ1v) is 13.9. The standard InChI is InChI=1S/C21H22F2IN3O5/c1-11(2)6-24-10-32-16-9-26-8-14(18(28)19(29)17(26)21(31)27(16)24)20(30)25-7-12-3-4-13(22)5-15(12)23/h3-5,8,11,16,29H,6-7,9-10H2,1-2H3,(H,25,30)/t16-/m0/s1. The van der Waals surface area contributed by atoms with Crippen molar-refractivity contribution in [2.45, 2.75) is 33.2 Å². The fourth-order valence-corrected chi connectivity index (χ4v) is 9.55. The molecule has 1 aromatic carbocycles. The van der Waals surface area contributed by atoms with Crippen LogP contribution in [0.1, 0.15) is 40.3 Å². The first-order valence-electron chi connectivity index (χ1n) is 9.93. The molecule has 0 saturated carbocycles. The molecule has 1 atom stereocenters. The number of amides is 2. The number of pyridine rings is 1. The predicted octanol–water partition coefficient (Wildman–Crippen LogP) is 2.61. The number of rotatable bonds is 5. The number of fused-ring (bicyclic) bond motifs is 2. The summed E-state index contributed by atoms with van der Waals surface area (Å²) >= 11 is -1.92. The molecule has 3 heterocycles. The Labute approximate surface area is 189 Å². The van der Waals surface area contributed by atoms with Gasteiger partial charge in [-0.3, -0.25) is 0 Å². The summed E-state index contributed by atoms with van der Waals surface area (Å²) in [6.07, 6.45) is 0.719. The summed E-state index contributed by atoms with van der Waals surface area (Å²) in [4.78, 5) is 38.4. The van der Waals surface area contributed by atoms with Crippen LogP contribution in [-0.2, 0) is 17.8 Å². The van der Waals surface area contributed by atoms with E-state index in [0.717, 1.165) is 10.5 Å². The van der Waals surface area contributed by atoms with E-state index in [1.165, 1.54) is 16.8 Å². The molecule has 2 aliphatic rings. The van der Waals surface area contributed by atoms with Crippen LogP contribution in [0.5, 0.6) is 5.75 Å². The third kappa shape index (κ3) is 4.10. The number of aromatic hydroxyl groups is 1. The zero-order valence-electron chi connectivity index (χ0n) is 17.4. The van der Waals surface area contributed by atoms with Crippen LogP contribution >= 0.6 is 20.1 Å². The number of alkyl halides is 2. The van der Waals surface area contributed by atoms with Crippen molar-refractivity contribution in [1.82, 2.24) is 13.0 Å². The van der Waals surface area contributed by atoms with Gasteiger partial charge >= 0.3 is 180 Å². The van der Waals surface area contributed by atoms with Crippen molar-refractivity contribution in [2.75, 3.05) is 9.04 Å². The molecule has 0 bridgehead atoms. The second-order valence-electron chi connectivity index (χ2n) is 7.96. The van der Waals surface area contributed by atoms with Crippen molar-refractivity contribution in [2.24, 2.45) is 5.92 Å². The van der Waals surface area contributed by atoms with Crippen LogP contribution in [0.15, 0.2) is 29.2 Å². The fourth-order valence-electron chi connectivity index (χ4n) is 3.64. The van der Waals surface area contributed by atoms with E-state index in [9.17, 15) is 28.3 Å². The molecule has 0 aliphatic carbocycles. The van der Waals surface area contributed by atoms with Crippen molar-refractivity contribution in [3.05, 3.63) is 63.1 Å². The number of nitrogens with one attached hydrogen (secondary N) is 1. The monoisotopic (exact) mass is 561 g/mol. The summed E-state index contributed by atoms with van der Waals surface area (Å²) in [6, 6.07) is 2.93. The first kappa shape index (κ1) is 22.6. The second-order valence-corrected chi connectivity index (χ2v) is 12.9. The third-order valence-electron chi connectivity index (χ3n) is 5.08. The Bertz CT molecular complexity index is 1150. The quantitative estimate of drug-likeness (QED) is 0.332. The summed E-state index contributed by atoms with van der Waals surface area (Å²) < 4.78 is 37.1. The summed E-state index contributed by atoms with van der Waals surface area (Å²) in [5.74, 6) is -3.28. The van der Waals surface area contributed by atoms with E-state index < -0.39 is 60.9 Å². The van der Waals surface area contributed by atoms with Gasteiger partial charge in [0.05, 0.1) is 0 Å². The molecule has 32 heavy (non-hydrogen) atoms. The minimum absolute atomic E-state index is 0.0361. The Balaban J connectivity index is 1.60. The molecule has 0 radical (unpaired) electrons. The number of ether oxygens (including phenoxy) is 1. The molecule has 8 nitrogen and oxygen atoms in total.